The van der Waals surface area contributed by atoms with Crippen LogP contribution in [-0.2, 0) is 4.79 Å². The SMILES string of the molecule is O=C(CC1CCCCC1)NCCNc1cccc(C(=O)O)n1. The summed E-state index contributed by atoms with van der Waals surface area (Å²) in [5.74, 6) is 0.0856. The van der Waals surface area contributed by atoms with Crippen molar-refractivity contribution in [3.63, 3.8) is 0 Å². The fraction of sp³-hybridized carbons (Fsp3) is 0.562. The number of amides is 1. The molecule has 6 nitrogen and oxygen atoms in total. The van der Waals surface area contributed by atoms with Crippen molar-refractivity contribution < 1.29 is 14.7 Å². The number of nitrogens with zero attached hydrogens (tertiary/aromatic N) is 1. The third kappa shape index (κ3) is 5.35. The summed E-state index contributed by atoms with van der Waals surface area (Å²) in [5.41, 5.74) is 0.00586. The molecule has 1 aromatic rings. The van der Waals surface area contributed by atoms with E-state index >= 15 is 0 Å². The van der Waals surface area contributed by atoms with Gasteiger partial charge in [-0.2, -0.15) is 0 Å². The van der Waals surface area contributed by atoms with Gasteiger partial charge in [0.25, 0.3) is 0 Å². The summed E-state index contributed by atoms with van der Waals surface area (Å²) >= 11 is 0. The van der Waals surface area contributed by atoms with Gasteiger partial charge in [-0.15, -0.1) is 0 Å². The van der Waals surface area contributed by atoms with Crippen molar-refractivity contribution in [1.82, 2.24) is 10.3 Å². The van der Waals surface area contributed by atoms with E-state index in [4.69, 9.17) is 5.11 Å². The number of hydrogen-bond donors (Lipinski definition) is 3. The smallest absolute Gasteiger partial charge is 0.354 e. The summed E-state index contributed by atoms with van der Waals surface area (Å²) in [6.45, 7) is 1.02. The van der Waals surface area contributed by atoms with Crippen molar-refractivity contribution in [2.24, 2.45) is 5.92 Å². The van der Waals surface area contributed by atoms with Crippen LogP contribution in [0.25, 0.3) is 0 Å². The number of pyridine rings is 1. The lowest BCUT2D eigenvalue weighted by atomic mass is 9.87. The molecule has 1 fully saturated rings. The zero-order chi connectivity index (χ0) is 15.8. The maximum Gasteiger partial charge on any atom is 0.354 e. The lowest BCUT2D eigenvalue weighted by Gasteiger charge is -2.20. The van der Waals surface area contributed by atoms with Gasteiger partial charge in [-0.3, -0.25) is 4.79 Å². The highest BCUT2D eigenvalue weighted by Crippen LogP contribution is 2.25. The molecule has 0 aromatic carbocycles. The van der Waals surface area contributed by atoms with E-state index in [0.717, 1.165) is 12.8 Å². The number of nitrogens with one attached hydrogen (secondary N) is 2. The number of carboxylic acid groups (broad SMARTS) is 1. The quantitative estimate of drug-likeness (QED) is 0.672. The van der Waals surface area contributed by atoms with E-state index in [2.05, 4.69) is 15.6 Å². The summed E-state index contributed by atoms with van der Waals surface area (Å²) in [5, 5.41) is 14.8. The Kier molecular flexibility index (Phi) is 6.18. The first kappa shape index (κ1) is 16.3. The Bertz CT molecular complexity index is 513. The highest BCUT2D eigenvalue weighted by atomic mass is 16.4. The summed E-state index contributed by atoms with van der Waals surface area (Å²) < 4.78 is 0. The van der Waals surface area contributed by atoms with Crippen LogP contribution in [0.2, 0.25) is 0 Å². The molecule has 0 unspecified atom stereocenters. The van der Waals surface area contributed by atoms with Crippen molar-refractivity contribution in [1.29, 1.82) is 0 Å². The molecule has 0 saturated heterocycles. The van der Waals surface area contributed by atoms with E-state index < -0.39 is 5.97 Å². The number of carboxylic acids is 1. The van der Waals surface area contributed by atoms with Gasteiger partial charge in [0.05, 0.1) is 0 Å². The van der Waals surface area contributed by atoms with Crippen LogP contribution in [0.3, 0.4) is 0 Å². The van der Waals surface area contributed by atoms with E-state index in [9.17, 15) is 9.59 Å². The number of aromatic nitrogens is 1. The molecule has 1 aliphatic carbocycles. The standard InChI is InChI=1S/C16H23N3O3/c20-15(11-12-5-2-1-3-6-12)18-10-9-17-14-8-4-7-13(19-14)16(21)22/h4,7-8,12H,1-3,5-6,9-11H2,(H,17,19)(H,18,20)(H,21,22). The van der Waals surface area contributed by atoms with Crippen LogP contribution in [0.4, 0.5) is 5.82 Å². The van der Waals surface area contributed by atoms with Gasteiger partial charge in [0.2, 0.25) is 5.91 Å². The maximum absolute atomic E-state index is 11.8. The number of carbonyl (C=O) groups is 2. The Morgan fingerprint density at radius 1 is 1.18 bits per heavy atom. The van der Waals surface area contributed by atoms with Crippen LogP contribution in [0, 0.1) is 5.92 Å². The van der Waals surface area contributed by atoms with Gasteiger partial charge in [-0.1, -0.05) is 25.3 Å². The van der Waals surface area contributed by atoms with Gasteiger partial charge in [0.1, 0.15) is 5.82 Å². The molecule has 1 aliphatic rings. The molecule has 22 heavy (non-hydrogen) atoms. The minimum absolute atomic E-state index is 0.00586. The van der Waals surface area contributed by atoms with Crippen LogP contribution in [0.1, 0.15) is 49.0 Å². The first-order valence-corrected chi connectivity index (χ1v) is 7.86. The number of aromatic carboxylic acids is 1. The maximum atomic E-state index is 11.8. The molecule has 6 heteroatoms. The molecule has 3 N–H and O–H groups in total. The molecule has 1 saturated carbocycles. The zero-order valence-electron chi connectivity index (χ0n) is 12.7. The average molecular weight is 305 g/mol. The molecule has 0 radical (unpaired) electrons. The zero-order valence-corrected chi connectivity index (χ0v) is 12.7. The predicted molar refractivity (Wildman–Crippen MR) is 83.9 cm³/mol. The summed E-state index contributed by atoms with van der Waals surface area (Å²) in [6, 6.07) is 4.79. The van der Waals surface area contributed by atoms with E-state index in [0.29, 0.717) is 31.2 Å². The lowest BCUT2D eigenvalue weighted by molar-refractivity contribution is -0.122. The van der Waals surface area contributed by atoms with Gasteiger partial charge < -0.3 is 15.7 Å². The minimum atomic E-state index is -1.05. The fourth-order valence-electron chi connectivity index (χ4n) is 2.77. The van der Waals surface area contributed by atoms with Crippen LogP contribution in [0.5, 0.6) is 0 Å². The Morgan fingerprint density at radius 2 is 1.95 bits per heavy atom. The first-order chi connectivity index (χ1) is 10.6. The topological polar surface area (TPSA) is 91.3 Å². The van der Waals surface area contributed by atoms with E-state index in [1.54, 1.807) is 12.1 Å². The number of hydrogen-bond acceptors (Lipinski definition) is 4. The molecule has 1 aromatic heterocycles. The van der Waals surface area contributed by atoms with Gasteiger partial charge in [-0.25, -0.2) is 9.78 Å². The average Bonchev–Trinajstić information content (AvgIpc) is 2.53. The third-order valence-corrected chi connectivity index (χ3v) is 3.92. The van der Waals surface area contributed by atoms with E-state index in [1.165, 1.54) is 25.3 Å². The van der Waals surface area contributed by atoms with E-state index in [1.807, 2.05) is 0 Å². The molecule has 1 heterocycles. The van der Waals surface area contributed by atoms with Gasteiger partial charge in [0.15, 0.2) is 5.69 Å². The minimum Gasteiger partial charge on any atom is -0.477 e. The number of rotatable bonds is 7. The second-order valence-electron chi connectivity index (χ2n) is 5.70. The summed E-state index contributed by atoms with van der Waals surface area (Å²) in [7, 11) is 0. The number of carbonyl (C=O) groups excluding carboxylic acids is 1. The molecule has 0 bridgehead atoms. The predicted octanol–water partition coefficient (Wildman–Crippen LogP) is 2.28. The van der Waals surface area contributed by atoms with Crippen molar-refractivity contribution in [3.05, 3.63) is 23.9 Å². The molecule has 0 atom stereocenters. The van der Waals surface area contributed by atoms with Crippen molar-refractivity contribution in [3.8, 4) is 0 Å². The molecular weight excluding hydrogens is 282 g/mol. The Hall–Kier alpha value is -2.11. The highest BCUT2D eigenvalue weighted by molar-refractivity contribution is 5.85. The van der Waals surface area contributed by atoms with Crippen LogP contribution >= 0.6 is 0 Å². The number of anilines is 1. The van der Waals surface area contributed by atoms with Crippen LogP contribution in [0.15, 0.2) is 18.2 Å². The molecule has 120 valence electrons. The molecule has 1 amide bonds. The Balaban J connectivity index is 1.65. The van der Waals surface area contributed by atoms with Gasteiger partial charge >= 0.3 is 5.97 Å². The van der Waals surface area contributed by atoms with Crippen molar-refractivity contribution in [2.45, 2.75) is 38.5 Å². The molecule has 0 aliphatic heterocycles. The Morgan fingerprint density at radius 3 is 2.68 bits per heavy atom. The molecule has 2 rings (SSSR count). The van der Waals surface area contributed by atoms with Crippen molar-refractivity contribution >= 4 is 17.7 Å². The summed E-state index contributed by atoms with van der Waals surface area (Å²) in [6.07, 6.45) is 6.72. The second kappa shape index (κ2) is 8.36. The first-order valence-electron chi connectivity index (χ1n) is 7.86. The van der Waals surface area contributed by atoms with Crippen LogP contribution in [-0.4, -0.2) is 35.1 Å². The third-order valence-electron chi connectivity index (χ3n) is 3.92. The Labute approximate surface area is 130 Å². The monoisotopic (exact) mass is 305 g/mol. The largest absolute Gasteiger partial charge is 0.477 e. The van der Waals surface area contributed by atoms with E-state index in [-0.39, 0.29) is 11.6 Å². The second-order valence-corrected chi connectivity index (χ2v) is 5.70. The fourth-order valence-corrected chi connectivity index (χ4v) is 2.77. The molecule has 0 spiro atoms. The summed E-state index contributed by atoms with van der Waals surface area (Å²) in [4.78, 5) is 26.6. The van der Waals surface area contributed by atoms with Gasteiger partial charge in [0, 0.05) is 19.5 Å². The van der Waals surface area contributed by atoms with Gasteiger partial charge in [-0.05, 0) is 30.9 Å². The van der Waals surface area contributed by atoms with Crippen molar-refractivity contribution in [2.75, 3.05) is 18.4 Å². The molecular formula is C16H23N3O3. The van der Waals surface area contributed by atoms with Crippen LogP contribution < -0.4 is 10.6 Å². The highest BCUT2D eigenvalue weighted by Gasteiger charge is 2.16. The normalized spacial score (nSPS) is 15.3. The lowest BCUT2D eigenvalue weighted by Crippen LogP contribution is -2.30.